The number of ether oxygens (including phenoxy) is 1. The first kappa shape index (κ1) is 15.5. The lowest BCUT2D eigenvalue weighted by Gasteiger charge is -2.26. The molecule has 2 aliphatic rings. The molecule has 2 aromatic rings. The van der Waals surface area contributed by atoms with Gasteiger partial charge in [0, 0.05) is 17.3 Å². The van der Waals surface area contributed by atoms with Gasteiger partial charge in [0.15, 0.2) is 0 Å². The topological polar surface area (TPSA) is 83.8 Å². The maximum Gasteiger partial charge on any atom is 0.223 e. The van der Waals surface area contributed by atoms with Crippen LogP contribution >= 0.6 is 11.6 Å². The molecule has 0 bridgehead atoms. The number of halogens is 1. The highest BCUT2D eigenvalue weighted by atomic mass is 35.5. The second-order valence-electron chi connectivity index (χ2n) is 7.19. The van der Waals surface area contributed by atoms with E-state index >= 15 is 0 Å². The summed E-state index contributed by atoms with van der Waals surface area (Å²) in [4.78, 5) is 11.8. The number of hydrogen-bond acceptors (Lipinski definition) is 4. The van der Waals surface area contributed by atoms with Crippen LogP contribution in [0.15, 0.2) is 23.6 Å². The molecule has 2 saturated carbocycles. The van der Waals surface area contributed by atoms with Crippen LogP contribution in [0.4, 0.5) is 0 Å². The quantitative estimate of drug-likeness (QED) is 0.325. The standard InChI is InChI=1S/C17H18ClN5O/c1-16(5-6-16)24-15-12-8-20-14(18)7-11(12)13(9-21-15)17(2,22-23-19)10-3-4-10/h7-10H,3-6H2,1-2H3. The lowest BCUT2D eigenvalue weighted by Crippen LogP contribution is -2.22. The Morgan fingerprint density at radius 2 is 2.08 bits per heavy atom. The summed E-state index contributed by atoms with van der Waals surface area (Å²) in [5.41, 5.74) is 9.18. The van der Waals surface area contributed by atoms with Crippen molar-refractivity contribution in [2.45, 2.75) is 50.7 Å². The lowest BCUT2D eigenvalue weighted by atomic mass is 9.86. The largest absolute Gasteiger partial charge is 0.471 e. The van der Waals surface area contributed by atoms with E-state index in [0.29, 0.717) is 17.0 Å². The molecule has 2 fully saturated rings. The number of aromatic nitrogens is 2. The van der Waals surface area contributed by atoms with Crippen LogP contribution in [0.25, 0.3) is 21.2 Å². The second-order valence-corrected chi connectivity index (χ2v) is 7.58. The molecule has 0 aromatic carbocycles. The van der Waals surface area contributed by atoms with E-state index < -0.39 is 5.54 Å². The third kappa shape index (κ3) is 2.56. The van der Waals surface area contributed by atoms with Crippen molar-refractivity contribution < 1.29 is 4.74 Å². The van der Waals surface area contributed by atoms with Crippen LogP contribution in [0.1, 0.15) is 45.1 Å². The van der Waals surface area contributed by atoms with Crippen molar-refractivity contribution in [2.24, 2.45) is 11.0 Å². The molecule has 6 nitrogen and oxygen atoms in total. The Morgan fingerprint density at radius 1 is 1.33 bits per heavy atom. The first-order chi connectivity index (χ1) is 11.5. The Hall–Kier alpha value is -2.04. The smallest absolute Gasteiger partial charge is 0.223 e. The average molecular weight is 344 g/mol. The van der Waals surface area contributed by atoms with Gasteiger partial charge in [-0.05, 0) is 68.0 Å². The Kier molecular flexibility index (Phi) is 3.37. The normalized spacial score (nSPS) is 21.0. The van der Waals surface area contributed by atoms with E-state index in [-0.39, 0.29) is 5.60 Å². The van der Waals surface area contributed by atoms with Crippen molar-refractivity contribution in [3.63, 3.8) is 0 Å². The van der Waals surface area contributed by atoms with Crippen LogP contribution in [0.2, 0.25) is 5.15 Å². The Labute approximate surface area is 144 Å². The average Bonchev–Trinajstić information content (AvgIpc) is 3.44. The summed E-state index contributed by atoms with van der Waals surface area (Å²) in [7, 11) is 0. The van der Waals surface area contributed by atoms with E-state index in [2.05, 4.69) is 26.9 Å². The Balaban J connectivity index is 1.91. The lowest BCUT2D eigenvalue weighted by molar-refractivity contribution is 0.194. The number of fused-ring (bicyclic) bond motifs is 1. The van der Waals surface area contributed by atoms with Gasteiger partial charge in [-0.1, -0.05) is 16.7 Å². The van der Waals surface area contributed by atoms with Crippen molar-refractivity contribution in [3.8, 4) is 5.88 Å². The summed E-state index contributed by atoms with van der Waals surface area (Å²) in [6.45, 7) is 4.05. The highest BCUT2D eigenvalue weighted by Gasteiger charge is 2.44. The SMILES string of the molecule is CC1(Oc2ncc(C(C)(N=[N+]=[N-])C3CC3)c3cc(Cl)ncc23)CC1. The van der Waals surface area contributed by atoms with Crippen molar-refractivity contribution >= 4 is 22.4 Å². The molecule has 4 rings (SSSR count). The third-order valence-electron chi connectivity index (χ3n) is 5.17. The van der Waals surface area contributed by atoms with Gasteiger partial charge in [-0.2, -0.15) is 0 Å². The highest BCUT2D eigenvalue weighted by Crippen LogP contribution is 2.51. The molecule has 0 N–H and O–H groups in total. The van der Waals surface area contributed by atoms with E-state index in [4.69, 9.17) is 21.9 Å². The van der Waals surface area contributed by atoms with Gasteiger partial charge in [0.05, 0.1) is 10.9 Å². The molecular weight excluding hydrogens is 326 g/mol. The zero-order chi connectivity index (χ0) is 16.9. The van der Waals surface area contributed by atoms with Crippen LogP contribution in [-0.2, 0) is 5.54 Å². The minimum atomic E-state index is -0.632. The Bertz CT molecular complexity index is 871. The van der Waals surface area contributed by atoms with E-state index in [9.17, 15) is 0 Å². The van der Waals surface area contributed by atoms with E-state index in [1.165, 1.54) is 0 Å². The van der Waals surface area contributed by atoms with E-state index in [1.54, 1.807) is 12.4 Å². The van der Waals surface area contributed by atoms with Gasteiger partial charge >= 0.3 is 0 Å². The number of hydrogen-bond donors (Lipinski definition) is 0. The fourth-order valence-electron chi connectivity index (χ4n) is 3.18. The van der Waals surface area contributed by atoms with Crippen LogP contribution < -0.4 is 4.74 Å². The molecule has 124 valence electrons. The summed E-state index contributed by atoms with van der Waals surface area (Å²) in [6.07, 6.45) is 7.61. The summed E-state index contributed by atoms with van der Waals surface area (Å²) < 4.78 is 6.07. The number of rotatable bonds is 5. The van der Waals surface area contributed by atoms with Crippen molar-refractivity contribution in [2.75, 3.05) is 0 Å². The van der Waals surface area contributed by atoms with Gasteiger partial charge in [0.1, 0.15) is 10.8 Å². The van der Waals surface area contributed by atoms with E-state index in [1.807, 2.05) is 13.0 Å². The van der Waals surface area contributed by atoms with Crippen LogP contribution in [0, 0.1) is 5.92 Å². The van der Waals surface area contributed by atoms with Crippen LogP contribution in [0.3, 0.4) is 0 Å². The number of nitrogens with zero attached hydrogens (tertiary/aromatic N) is 5. The van der Waals surface area contributed by atoms with Gasteiger partial charge < -0.3 is 4.74 Å². The minimum Gasteiger partial charge on any atom is -0.471 e. The first-order valence-electron chi connectivity index (χ1n) is 8.15. The fraction of sp³-hybridized carbons (Fsp3) is 0.529. The summed E-state index contributed by atoms with van der Waals surface area (Å²) in [5.74, 6) is 0.898. The zero-order valence-corrected chi connectivity index (χ0v) is 14.4. The predicted octanol–water partition coefficient (Wildman–Crippen LogP) is 5.15. The molecule has 2 aliphatic carbocycles. The molecule has 0 amide bonds. The van der Waals surface area contributed by atoms with Crippen molar-refractivity contribution in [1.29, 1.82) is 0 Å². The molecule has 7 heteroatoms. The summed E-state index contributed by atoms with van der Waals surface area (Å²) >= 11 is 6.14. The van der Waals surface area contributed by atoms with Gasteiger partial charge in [-0.3, -0.25) is 0 Å². The van der Waals surface area contributed by atoms with Gasteiger partial charge in [0.25, 0.3) is 0 Å². The molecule has 0 spiro atoms. The van der Waals surface area contributed by atoms with Crippen molar-refractivity contribution in [3.05, 3.63) is 39.6 Å². The number of pyridine rings is 2. The zero-order valence-electron chi connectivity index (χ0n) is 13.7. The van der Waals surface area contributed by atoms with Crippen molar-refractivity contribution in [1.82, 2.24) is 9.97 Å². The summed E-state index contributed by atoms with van der Waals surface area (Å²) in [6, 6.07) is 1.81. The predicted molar refractivity (Wildman–Crippen MR) is 92.0 cm³/mol. The molecule has 2 heterocycles. The third-order valence-corrected chi connectivity index (χ3v) is 5.38. The fourth-order valence-corrected chi connectivity index (χ4v) is 3.33. The Morgan fingerprint density at radius 3 is 2.71 bits per heavy atom. The van der Waals surface area contributed by atoms with Gasteiger partial charge in [-0.15, -0.1) is 0 Å². The molecule has 1 atom stereocenters. The number of azide groups is 1. The highest BCUT2D eigenvalue weighted by molar-refractivity contribution is 6.30. The van der Waals surface area contributed by atoms with Crippen LogP contribution in [0.5, 0.6) is 5.88 Å². The minimum absolute atomic E-state index is 0.133. The van der Waals surface area contributed by atoms with Gasteiger partial charge in [0.2, 0.25) is 5.88 Å². The molecule has 2 aromatic heterocycles. The van der Waals surface area contributed by atoms with Crippen LogP contribution in [-0.4, -0.2) is 15.6 Å². The van der Waals surface area contributed by atoms with E-state index in [0.717, 1.165) is 42.0 Å². The van der Waals surface area contributed by atoms with Gasteiger partial charge in [-0.25, -0.2) is 9.97 Å². The molecule has 0 aliphatic heterocycles. The molecule has 0 radical (unpaired) electrons. The molecule has 0 saturated heterocycles. The second kappa shape index (κ2) is 5.23. The first-order valence-corrected chi connectivity index (χ1v) is 8.53. The molecule has 1 unspecified atom stereocenters. The molecular formula is C17H18ClN5O. The maximum absolute atomic E-state index is 9.06. The molecule has 24 heavy (non-hydrogen) atoms. The maximum atomic E-state index is 9.06. The summed E-state index contributed by atoms with van der Waals surface area (Å²) in [5, 5.41) is 6.23. The monoisotopic (exact) mass is 343 g/mol.